The molecule has 2 heterocycles. The van der Waals surface area contributed by atoms with Gasteiger partial charge in [0.2, 0.25) is 6.79 Å². The largest absolute Gasteiger partial charge is 0.454 e. The van der Waals surface area contributed by atoms with Crippen LogP contribution in [0.2, 0.25) is 0 Å². The molecule has 0 atom stereocenters. The molecule has 0 saturated heterocycles. The summed E-state index contributed by atoms with van der Waals surface area (Å²) in [6.45, 7) is 0.896. The first-order chi connectivity index (χ1) is 18.2. The van der Waals surface area contributed by atoms with Gasteiger partial charge < -0.3 is 20.1 Å². The first-order valence-corrected chi connectivity index (χ1v) is 12.0. The van der Waals surface area contributed by atoms with Crippen molar-refractivity contribution in [2.24, 2.45) is 0 Å². The number of H-pyrrole nitrogens is 1. The maximum absolute atomic E-state index is 12.4. The Kier molecular flexibility index (Phi) is 6.01. The van der Waals surface area contributed by atoms with Gasteiger partial charge in [0.15, 0.2) is 11.5 Å². The van der Waals surface area contributed by atoms with E-state index in [1.165, 1.54) is 0 Å². The molecule has 7 nitrogen and oxygen atoms in total. The summed E-state index contributed by atoms with van der Waals surface area (Å²) in [4.78, 5) is 12.4. The summed E-state index contributed by atoms with van der Waals surface area (Å²) in [6.07, 6.45) is 4.00. The molecular weight excluding hydrogens is 464 g/mol. The lowest BCUT2D eigenvalue weighted by molar-refractivity contribution is 0.102. The number of rotatable bonds is 7. The van der Waals surface area contributed by atoms with Crippen LogP contribution in [-0.4, -0.2) is 22.9 Å². The van der Waals surface area contributed by atoms with E-state index in [1.54, 1.807) is 12.1 Å². The van der Waals surface area contributed by atoms with Crippen LogP contribution in [0.15, 0.2) is 91.0 Å². The number of fused-ring (bicyclic) bond motifs is 2. The molecule has 6 rings (SSSR count). The molecule has 0 fully saturated rings. The van der Waals surface area contributed by atoms with Crippen LogP contribution in [0.4, 0.5) is 11.4 Å². The van der Waals surface area contributed by atoms with Crippen molar-refractivity contribution in [2.45, 2.75) is 6.54 Å². The summed E-state index contributed by atoms with van der Waals surface area (Å²) >= 11 is 0. The Balaban J connectivity index is 1.11. The van der Waals surface area contributed by atoms with Crippen LogP contribution in [0.5, 0.6) is 11.5 Å². The maximum atomic E-state index is 12.4. The highest BCUT2D eigenvalue weighted by atomic mass is 16.7. The van der Waals surface area contributed by atoms with Crippen LogP contribution in [-0.2, 0) is 6.54 Å². The van der Waals surface area contributed by atoms with E-state index in [0.717, 1.165) is 50.6 Å². The molecule has 0 bridgehead atoms. The van der Waals surface area contributed by atoms with Crippen LogP contribution >= 0.6 is 0 Å². The molecule has 3 N–H and O–H groups in total. The highest BCUT2D eigenvalue weighted by molar-refractivity contribution is 6.04. The van der Waals surface area contributed by atoms with Gasteiger partial charge in [-0.05, 0) is 65.7 Å². The van der Waals surface area contributed by atoms with Crippen LogP contribution < -0.4 is 20.1 Å². The number of carbonyl (C=O) groups is 1. The number of aromatic amines is 1. The van der Waals surface area contributed by atoms with Gasteiger partial charge in [-0.2, -0.15) is 5.10 Å². The molecule has 4 aromatic carbocycles. The zero-order valence-electron chi connectivity index (χ0n) is 19.9. The molecule has 0 radical (unpaired) electrons. The Morgan fingerprint density at radius 3 is 2.65 bits per heavy atom. The number of ether oxygens (including phenoxy) is 2. The first-order valence-electron chi connectivity index (χ1n) is 12.0. The molecule has 0 aliphatic carbocycles. The third-order valence-corrected chi connectivity index (χ3v) is 6.14. The predicted octanol–water partition coefficient (Wildman–Crippen LogP) is 6.33. The van der Waals surface area contributed by atoms with E-state index in [2.05, 4.69) is 39.0 Å². The van der Waals surface area contributed by atoms with Gasteiger partial charge in [0.1, 0.15) is 0 Å². The smallest absolute Gasteiger partial charge is 0.255 e. The molecule has 0 spiro atoms. The monoisotopic (exact) mass is 488 g/mol. The SMILES string of the molecule is O=C(Nc1cccc(NCc2ccc3c(/C=C/c4ccc5c(c4)OCO5)n[nH]c3c2)c1)c1ccccc1. The fourth-order valence-corrected chi connectivity index (χ4v) is 4.22. The van der Waals surface area contributed by atoms with Crippen LogP contribution in [0, 0.1) is 0 Å². The second-order valence-electron chi connectivity index (χ2n) is 8.69. The van der Waals surface area contributed by atoms with Gasteiger partial charge >= 0.3 is 0 Å². The summed E-state index contributed by atoms with van der Waals surface area (Å²) in [7, 11) is 0. The van der Waals surface area contributed by atoms with Gasteiger partial charge in [-0.25, -0.2) is 0 Å². The Bertz CT molecular complexity index is 1610. The average molecular weight is 489 g/mol. The molecule has 0 saturated carbocycles. The first kappa shape index (κ1) is 22.4. The summed E-state index contributed by atoms with van der Waals surface area (Å²) in [5.74, 6) is 1.40. The minimum atomic E-state index is -0.133. The lowest BCUT2D eigenvalue weighted by atomic mass is 10.1. The molecule has 1 aliphatic heterocycles. The van der Waals surface area contributed by atoms with Crippen molar-refractivity contribution in [3.63, 3.8) is 0 Å². The second-order valence-corrected chi connectivity index (χ2v) is 8.69. The molecule has 1 aromatic heterocycles. The number of carbonyl (C=O) groups excluding carboxylic acids is 1. The minimum Gasteiger partial charge on any atom is -0.454 e. The number of hydrogen-bond acceptors (Lipinski definition) is 5. The topological polar surface area (TPSA) is 88.3 Å². The minimum absolute atomic E-state index is 0.133. The van der Waals surface area contributed by atoms with Crippen molar-refractivity contribution in [2.75, 3.05) is 17.4 Å². The fraction of sp³-hybridized carbons (Fsp3) is 0.0667. The summed E-state index contributed by atoms with van der Waals surface area (Å²) in [5, 5.41) is 15.0. The zero-order valence-corrected chi connectivity index (χ0v) is 19.9. The number of nitrogens with one attached hydrogen (secondary N) is 3. The van der Waals surface area contributed by atoms with Gasteiger partial charge in [0.25, 0.3) is 5.91 Å². The van der Waals surface area contributed by atoms with E-state index in [9.17, 15) is 4.79 Å². The van der Waals surface area contributed by atoms with Gasteiger partial charge in [0.05, 0.1) is 11.2 Å². The summed E-state index contributed by atoms with van der Waals surface area (Å²) in [5.41, 5.74) is 6.25. The normalized spacial score (nSPS) is 12.2. The summed E-state index contributed by atoms with van der Waals surface area (Å²) < 4.78 is 10.8. The van der Waals surface area contributed by atoms with E-state index < -0.39 is 0 Å². The van der Waals surface area contributed by atoms with Crippen LogP contribution in [0.3, 0.4) is 0 Å². The standard InChI is InChI=1S/C30H24N4O3/c35-30(22-5-2-1-3-6-22)32-24-8-4-7-23(17-24)31-18-21-9-12-25-26(33-34-27(25)15-21)13-10-20-11-14-28-29(16-20)37-19-36-28/h1-17,31H,18-19H2,(H,32,35)(H,33,34)/b13-10+. The van der Waals surface area contributed by atoms with Crippen molar-refractivity contribution < 1.29 is 14.3 Å². The average Bonchev–Trinajstić information content (AvgIpc) is 3.57. The number of aromatic nitrogens is 2. The number of amides is 1. The van der Waals surface area contributed by atoms with E-state index in [-0.39, 0.29) is 12.7 Å². The van der Waals surface area contributed by atoms with Crippen LogP contribution in [0.1, 0.15) is 27.2 Å². The maximum Gasteiger partial charge on any atom is 0.255 e. The highest BCUT2D eigenvalue weighted by Crippen LogP contribution is 2.33. The van der Waals surface area contributed by atoms with E-state index in [4.69, 9.17) is 9.47 Å². The molecule has 1 aliphatic rings. The van der Waals surface area contributed by atoms with E-state index >= 15 is 0 Å². The zero-order chi connectivity index (χ0) is 25.0. The lowest BCUT2D eigenvalue weighted by Gasteiger charge is -2.10. The van der Waals surface area contributed by atoms with Gasteiger partial charge in [0, 0.05) is 28.9 Å². The number of hydrogen-bond donors (Lipinski definition) is 3. The van der Waals surface area contributed by atoms with E-state index in [0.29, 0.717) is 12.1 Å². The predicted molar refractivity (Wildman–Crippen MR) is 146 cm³/mol. The van der Waals surface area contributed by atoms with Crippen molar-refractivity contribution in [1.29, 1.82) is 0 Å². The van der Waals surface area contributed by atoms with Crippen molar-refractivity contribution in [3.05, 3.63) is 113 Å². The number of benzene rings is 4. The van der Waals surface area contributed by atoms with Crippen molar-refractivity contribution in [3.8, 4) is 11.5 Å². The Hall–Kier alpha value is -5.04. The number of nitrogens with zero attached hydrogens (tertiary/aromatic N) is 1. The summed E-state index contributed by atoms with van der Waals surface area (Å²) in [6, 6.07) is 29.0. The quantitative estimate of drug-likeness (QED) is 0.249. The molecular formula is C30H24N4O3. The van der Waals surface area contributed by atoms with Crippen LogP contribution in [0.25, 0.3) is 23.1 Å². The highest BCUT2D eigenvalue weighted by Gasteiger charge is 2.12. The molecule has 37 heavy (non-hydrogen) atoms. The molecule has 1 amide bonds. The fourth-order valence-electron chi connectivity index (χ4n) is 4.22. The van der Waals surface area contributed by atoms with Crippen molar-refractivity contribution in [1.82, 2.24) is 10.2 Å². The Morgan fingerprint density at radius 2 is 1.73 bits per heavy atom. The third-order valence-electron chi connectivity index (χ3n) is 6.14. The van der Waals surface area contributed by atoms with Gasteiger partial charge in [-0.3, -0.25) is 9.89 Å². The molecule has 182 valence electrons. The molecule has 5 aromatic rings. The van der Waals surface area contributed by atoms with Gasteiger partial charge in [-0.15, -0.1) is 0 Å². The lowest BCUT2D eigenvalue weighted by Crippen LogP contribution is -2.11. The Labute approximate surface area is 213 Å². The van der Waals surface area contributed by atoms with E-state index in [1.807, 2.05) is 72.8 Å². The third kappa shape index (κ3) is 5.01. The second kappa shape index (κ2) is 9.91. The molecule has 0 unspecified atom stereocenters. The van der Waals surface area contributed by atoms with Gasteiger partial charge in [-0.1, -0.05) is 48.5 Å². The number of anilines is 2. The Morgan fingerprint density at radius 1 is 0.865 bits per heavy atom. The molecule has 7 heteroatoms. The van der Waals surface area contributed by atoms with Crippen molar-refractivity contribution >= 4 is 40.3 Å².